The number of nitrogens with one attached hydrogen (secondary N) is 1. The topological polar surface area (TPSA) is 75.1 Å². The van der Waals surface area contributed by atoms with Gasteiger partial charge in [-0.05, 0) is 29.8 Å². The summed E-state index contributed by atoms with van der Waals surface area (Å²) in [6.07, 6.45) is 0. The van der Waals surface area contributed by atoms with Gasteiger partial charge in [-0.3, -0.25) is 0 Å². The van der Waals surface area contributed by atoms with Crippen LogP contribution in [0.25, 0.3) is 11.0 Å². The smallest absolute Gasteiger partial charge is 0.358 e. The summed E-state index contributed by atoms with van der Waals surface area (Å²) < 4.78 is 12.9. The van der Waals surface area contributed by atoms with Crippen molar-refractivity contribution in [3.05, 3.63) is 65.6 Å². The van der Waals surface area contributed by atoms with Crippen molar-refractivity contribution >= 4 is 22.8 Å². The molecular formula is C16H12FN3O2. The fourth-order valence-corrected chi connectivity index (χ4v) is 2.06. The summed E-state index contributed by atoms with van der Waals surface area (Å²) in [4.78, 5) is 19.7. The van der Waals surface area contributed by atoms with Crippen LogP contribution in [0, 0.1) is 5.82 Å². The van der Waals surface area contributed by atoms with Gasteiger partial charge in [0.15, 0.2) is 11.5 Å². The van der Waals surface area contributed by atoms with Crippen LogP contribution in [0.1, 0.15) is 16.1 Å². The molecule has 0 aliphatic carbocycles. The van der Waals surface area contributed by atoms with Crippen LogP contribution in [0.5, 0.6) is 0 Å². The highest BCUT2D eigenvalue weighted by atomic mass is 19.1. The van der Waals surface area contributed by atoms with E-state index in [0.29, 0.717) is 17.6 Å². The Bertz CT molecular complexity index is 834. The van der Waals surface area contributed by atoms with Crippen LogP contribution in [-0.2, 0) is 6.54 Å². The number of nitrogens with zero attached hydrogens (tertiary/aromatic N) is 2. The van der Waals surface area contributed by atoms with E-state index in [1.165, 1.54) is 12.1 Å². The average molecular weight is 297 g/mol. The summed E-state index contributed by atoms with van der Waals surface area (Å²) in [5, 5.41) is 12.2. The molecule has 0 unspecified atom stereocenters. The lowest BCUT2D eigenvalue weighted by Crippen LogP contribution is -2.11. The van der Waals surface area contributed by atoms with Crippen LogP contribution < -0.4 is 5.32 Å². The normalized spacial score (nSPS) is 10.6. The van der Waals surface area contributed by atoms with Crippen molar-refractivity contribution in [1.29, 1.82) is 0 Å². The number of carbonyl (C=O) groups is 1. The summed E-state index contributed by atoms with van der Waals surface area (Å²) in [5.74, 6) is -1.28. The summed E-state index contributed by atoms with van der Waals surface area (Å²) in [6, 6.07) is 13.0. The largest absolute Gasteiger partial charge is 0.476 e. The van der Waals surface area contributed by atoms with Gasteiger partial charge in [-0.1, -0.05) is 24.3 Å². The van der Waals surface area contributed by atoms with Crippen molar-refractivity contribution in [3.63, 3.8) is 0 Å². The van der Waals surface area contributed by atoms with Crippen molar-refractivity contribution in [2.24, 2.45) is 0 Å². The molecule has 22 heavy (non-hydrogen) atoms. The third kappa shape index (κ3) is 2.85. The van der Waals surface area contributed by atoms with E-state index in [9.17, 15) is 14.3 Å². The number of hydrogen-bond acceptors (Lipinski definition) is 4. The molecule has 3 rings (SSSR count). The van der Waals surface area contributed by atoms with Crippen LogP contribution in [0.3, 0.4) is 0 Å². The number of anilines is 1. The number of halogens is 1. The lowest BCUT2D eigenvalue weighted by molar-refractivity contribution is 0.0691. The van der Waals surface area contributed by atoms with E-state index < -0.39 is 5.97 Å². The van der Waals surface area contributed by atoms with Crippen LogP contribution in [0.15, 0.2) is 48.5 Å². The molecule has 3 aromatic rings. The maximum absolute atomic E-state index is 12.9. The minimum absolute atomic E-state index is 0.138. The Kier molecular flexibility index (Phi) is 3.65. The molecule has 2 N–H and O–H groups in total. The number of carboxylic acids is 1. The van der Waals surface area contributed by atoms with Gasteiger partial charge in [0, 0.05) is 6.54 Å². The van der Waals surface area contributed by atoms with Crippen molar-refractivity contribution in [2.45, 2.75) is 6.54 Å². The molecule has 2 aromatic carbocycles. The number of benzene rings is 2. The highest BCUT2D eigenvalue weighted by Gasteiger charge is 2.15. The van der Waals surface area contributed by atoms with Gasteiger partial charge in [-0.25, -0.2) is 19.2 Å². The Balaban J connectivity index is 1.92. The Labute approximate surface area is 125 Å². The number of para-hydroxylation sites is 2. The summed E-state index contributed by atoms with van der Waals surface area (Å²) >= 11 is 0. The van der Waals surface area contributed by atoms with Crippen LogP contribution in [0.2, 0.25) is 0 Å². The average Bonchev–Trinajstić information content (AvgIpc) is 2.53. The van der Waals surface area contributed by atoms with Gasteiger partial charge in [-0.15, -0.1) is 0 Å². The van der Waals surface area contributed by atoms with Gasteiger partial charge >= 0.3 is 5.97 Å². The zero-order valence-corrected chi connectivity index (χ0v) is 11.5. The maximum atomic E-state index is 12.9. The first-order valence-corrected chi connectivity index (χ1v) is 6.62. The number of aromatic nitrogens is 2. The fraction of sp³-hybridized carbons (Fsp3) is 0.0625. The SMILES string of the molecule is O=C(O)c1nc2ccccc2nc1NCc1ccc(F)cc1. The third-order valence-electron chi connectivity index (χ3n) is 3.15. The van der Waals surface area contributed by atoms with Gasteiger partial charge in [0.25, 0.3) is 0 Å². The van der Waals surface area contributed by atoms with Crippen LogP contribution >= 0.6 is 0 Å². The quantitative estimate of drug-likeness (QED) is 0.774. The van der Waals surface area contributed by atoms with Crippen molar-refractivity contribution in [1.82, 2.24) is 9.97 Å². The lowest BCUT2D eigenvalue weighted by atomic mass is 10.2. The zero-order chi connectivity index (χ0) is 15.5. The molecule has 0 aliphatic heterocycles. The lowest BCUT2D eigenvalue weighted by Gasteiger charge is -2.09. The molecule has 0 fully saturated rings. The Hall–Kier alpha value is -3.02. The van der Waals surface area contributed by atoms with Crippen molar-refractivity contribution in [3.8, 4) is 0 Å². The van der Waals surface area contributed by atoms with Crippen molar-refractivity contribution in [2.75, 3.05) is 5.32 Å². The van der Waals surface area contributed by atoms with E-state index in [-0.39, 0.29) is 17.3 Å². The van der Waals surface area contributed by atoms with E-state index >= 15 is 0 Å². The second-order valence-electron chi connectivity index (χ2n) is 4.69. The fourth-order valence-electron chi connectivity index (χ4n) is 2.06. The summed E-state index contributed by atoms with van der Waals surface area (Å²) in [5.41, 5.74) is 1.80. The van der Waals surface area contributed by atoms with E-state index in [1.807, 2.05) is 0 Å². The molecule has 0 radical (unpaired) electrons. The molecule has 0 saturated heterocycles. The Morgan fingerprint density at radius 3 is 2.32 bits per heavy atom. The first-order valence-electron chi connectivity index (χ1n) is 6.62. The van der Waals surface area contributed by atoms with Crippen molar-refractivity contribution < 1.29 is 14.3 Å². The molecule has 1 aromatic heterocycles. The molecule has 0 aliphatic rings. The standard InChI is InChI=1S/C16H12FN3O2/c17-11-7-5-10(6-8-11)9-18-15-14(16(21)22)19-12-3-1-2-4-13(12)20-15/h1-8H,9H2,(H,18,20)(H,21,22). The highest BCUT2D eigenvalue weighted by molar-refractivity contribution is 5.93. The molecule has 1 heterocycles. The van der Waals surface area contributed by atoms with E-state index in [2.05, 4.69) is 15.3 Å². The number of aromatic carboxylic acids is 1. The number of rotatable bonds is 4. The molecular weight excluding hydrogens is 285 g/mol. The molecule has 5 nitrogen and oxygen atoms in total. The molecule has 0 spiro atoms. The first-order chi connectivity index (χ1) is 10.6. The zero-order valence-electron chi connectivity index (χ0n) is 11.5. The summed E-state index contributed by atoms with van der Waals surface area (Å²) in [6.45, 7) is 0.327. The molecule has 0 bridgehead atoms. The molecule has 6 heteroatoms. The molecule has 110 valence electrons. The molecule has 0 saturated carbocycles. The van der Waals surface area contributed by atoms with Gasteiger partial charge in [0.2, 0.25) is 0 Å². The number of hydrogen-bond donors (Lipinski definition) is 2. The summed E-state index contributed by atoms with van der Waals surface area (Å²) in [7, 11) is 0. The number of fused-ring (bicyclic) bond motifs is 1. The third-order valence-corrected chi connectivity index (χ3v) is 3.15. The van der Waals surface area contributed by atoms with Gasteiger partial charge in [-0.2, -0.15) is 0 Å². The minimum Gasteiger partial charge on any atom is -0.476 e. The predicted octanol–water partition coefficient (Wildman–Crippen LogP) is 3.08. The van der Waals surface area contributed by atoms with Crippen LogP contribution in [-0.4, -0.2) is 21.0 Å². The second kappa shape index (κ2) is 5.77. The predicted molar refractivity (Wildman–Crippen MR) is 80.2 cm³/mol. The monoisotopic (exact) mass is 297 g/mol. The Morgan fingerprint density at radius 1 is 1.05 bits per heavy atom. The van der Waals surface area contributed by atoms with Gasteiger partial charge in [0.05, 0.1) is 11.0 Å². The molecule has 0 amide bonds. The Morgan fingerprint density at radius 2 is 1.68 bits per heavy atom. The highest BCUT2D eigenvalue weighted by Crippen LogP contribution is 2.17. The van der Waals surface area contributed by atoms with E-state index in [0.717, 1.165) is 5.56 Å². The first kappa shape index (κ1) is 13.9. The van der Waals surface area contributed by atoms with E-state index in [4.69, 9.17) is 0 Å². The second-order valence-corrected chi connectivity index (χ2v) is 4.69. The van der Waals surface area contributed by atoms with Crippen LogP contribution in [0.4, 0.5) is 10.2 Å². The van der Waals surface area contributed by atoms with Gasteiger partial charge < -0.3 is 10.4 Å². The molecule has 0 atom stereocenters. The van der Waals surface area contributed by atoms with Gasteiger partial charge in [0.1, 0.15) is 5.82 Å². The minimum atomic E-state index is -1.15. The maximum Gasteiger partial charge on any atom is 0.358 e. The van der Waals surface area contributed by atoms with E-state index in [1.54, 1.807) is 36.4 Å². The number of carboxylic acid groups (broad SMARTS) is 1.